The summed E-state index contributed by atoms with van der Waals surface area (Å²) in [5.41, 5.74) is 0. The summed E-state index contributed by atoms with van der Waals surface area (Å²) in [5, 5.41) is 15.3. The minimum absolute atomic E-state index is 0. The first kappa shape index (κ1) is 29.5. The van der Waals surface area contributed by atoms with Crippen LogP contribution in [0.15, 0.2) is 47.4 Å². The lowest BCUT2D eigenvalue weighted by Gasteiger charge is -2.36. The van der Waals surface area contributed by atoms with Crippen molar-refractivity contribution in [2.24, 2.45) is 17.8 Å². The maximum Gasteiger partial charge on any atom is 0.239 e. The fraction of sp³-hybridized carbons (Fsp3) is 0.593. The van der Waals surface area contributed by atoms with Crippen molar-refractivity contribution in [1.82, 2.24) is 10.0 Å². The number of sulfone groups is 1. The predicted octanol–water partition coefficient (Wildman–Crippen LogP) is 3.74. The van der Waals surface area contributed by atoms with Crippen molar-refractivity contribution < 1.29 is 29.6 Å². The Morgan fingerprint density at radius 1 is 1.08 bits per heavy atom. The molecule has 0 aliphatic heterocycles. The van der Waals surface area contributed by atoms with E-state index in [9.17, 15) is 26.7 Å². The molecule has 0 saturated heterocycles. The number of hydrogen-bond donors (Lipinski definition) is 3. The van der Waals surface area contributed by atoms with E-state index in [1.54, 1.807) is 18.2 Å². The summed E-state index contributed by atoms with van der Waals surface area (Å²) in [4.78, 5) is 13.2. The smallest absolute Gasteiger partial charge is 0.239 e. The number of nitrogens with one attached hydrogen (secondary N) is 2. The van der Waals surface area contributed by atoms with Crippen LogP contribution >= 0.6 is 0 Å². The highest BCUT2D eigenvalue weighted by molar-refractivity contribution is 7.91. The molecule has 0 spiro atoms. The topological polar surface area (TPSA) is 130 Å². The molecule has 6 atom stereocenters. The van der Waals surface area contributed by atoms with E-state index < -0.39 is 49.7 Å². The van der Waals surface area contributed by atoms with Gasteiger partial charge in [0, 0.05) is 2.85 Å². The molecule has 3 N–H and O–H groups in total. The molecule has 1 aliphatic rings. The molecule has 0 aromatic heterocycles. The predicted molar refractivity (Wildman–Crippen MR) is 151 cm³/mol. The van der Waals surface area contributed by atoms with Crippen molar-refractivity contribution in [2.75, 3.05) is 12.0 Å². The number of rotatable bonds is 11. The third-order valence-electron chi connectivity index (χ3n) is 7.54. The van der Waals surface area contributed by atoms with E-state index in [4.69, 9.17) is 0 Å². The molecule has 0 radical (unpaired) electrons. The zero-order chi connectivity index (χ0) is 27.4. The Labute approximate surface area is 224 Å². The minimum atomic E-state index is -4.02. The van der Waals surface area contributed by atoms with Gasteiger partial charge in [-0.1, -0.05) is 63.9 Å². The van der Waals surface area contributed by atoms with Gasteiger partial charge >= 0.3 is 0 Å². The standard InChI is InChI=1S/C27H40N2O6S2.2H2/c1-5-24(26(30)16-22-14-18(2)10-11-19(22)3)28-27(31)25(29-36(4,32)33)17-37(34,35)23-13-12-20-8-6-7-9-21(20)15-23;;/h6-9,12-13,15,18-19,22,24-26,29-30H,5,10-11,14,16-17H2,1-4H3,(H,28,31);2*1H/t18-,19+,22?,24-,25+,26+;;/m0../s1. The van der Waals surface area contributed by atoms with Crippen molar-refractivity contribution in [1.29, 1.82) is 0 Å². The number of carbonyl (C=O) groups is 1. The van der Waals surface area contributed by atoms with E-state index in [2.05, 4.69) is 23.9 Å². The molecule has 2 aromatic rings. The summed E-state index contributed by atoms with van der Waals surface area (Å²) in [6.07, 6.45) is 4.32. The molecule has 210 valence electrons. The fourth-order valence-corrected chi connectivity index (χ4v) is 7.57. The van der Waals surface area contributed by atoms with E-state index in [0.717, 1.165) is 29.9 Å². The van der Waals surface area contributed by atoms with E-state index in [1.165, 1.54) is 18.6 Å². The van der Waals surface area contributed by atoms with Crippen molar-refractivity contribution in [3.63, 3.8) is 0 Å². The van der Waals surface area contributed by atoms with Crippen molar-refractivity contribution in [3.8, 4) is 0 Å². The SMILES string of the molecule is CC[C@H](NC(=O)[C@@H](CS(=O)(=O)c1ccc2ccccc2c1)NS(C)(=O)=O)[C@H](O)CC1C[C@@H](C)CC[C@H]1C.[HH].[HH]. The van der Waals surface area contributed by atoms with E-state index in [0.29, 0.717) is 30.6 Å². The van der Waals surface area contributed by atoms with Gasteiger partial charge in [-0.05, 0) is 59.9 Å². The van der Waals surface area contributed by atoms with Crippen LogP contribution in [0.2, 0.25) is 0 Å². The normalized spacial score (nSPS) is 23.3. The van der Waals surface area contributed by atoms with Gasteiger partial charge in [0.25, 0.3) is 0 Å². The zero-order valence-corrected chi connectivity index (χ0v) is 23.7. The quantitative estimate of drug-likeness (QED) is 0.387. The molecule has 3 rings (SSSR count). The van der Waals surface area contributed by atoms with E-state index >= 15 is 0 Å². The Kier molecular flexibility index (Phi) is 9.77. The molecule has 1 amide bonds. The first-order valence-corrected chi connectivity index (χ1v) is 16.5. The monoisotopic (exact) mass is 556 g/mol. The summed E-state index contributed by atoms with van der Waals surface area (Å²) in [6.45, 7) is 6.22. The number of hydrogen-bond acceptors (Lipinski definition) is 6. The van der Waals surface area contributed by atoms with Crippen molar-refractivity contribution >= 4 is 36.5 Å². The molecular weight excluding hydrogens is 512 g/mol. The zero-order valence-electron chi connectivity index (χ0n) is 22.1. The Bertz CT molecular complexity index is 1310. The molecule has 1 unspecified atom stereocenters. The lowest BCUT2D eigenvalue weighted by Crippen LogP contribution is -2.54. The number of benzene rings is 2. The Balaban J connectivity index is 0.00000380. The highest BCUT2D eigenvalue weighted by Gasteiger charge is 2.34. The third-order valence-corrected chi connectivity index (χ3v) is 10.00. The Hall–Kier alpha value is -2.01. The van der Waals surface area contributed by atoms with Gasteiger partial charge in [-0.3, -0.25) is 4.79 Å². The summed E-state index contributed by atoms with van der Waals surface area (Å²) >= 11 is 0. The Morgan fingerprint density at radius 3 is 2.41 bits per heavy atom. The van der Waals surface area contributed by atoms with Crippen LogP contribution < -0.4 is 10.0 Å². The van der Waals surface area contributed by atoms with Crippen LogP contribution in [-0.4, -0.2) is 58.0 Å². The lowest BCUT2D eigenvalue weighted by atomic mass is 9.73. The van der Waals surface area contributed by atoms with Crippen LogP contribution in [0.25, 0.3) is 10.8 Å². The highest BCUT2D eigenvalue weighted by atomic mass is 32.2. The number of fused-ring (bicyclic) bond motifs is 1. The number of amides is 1. The first-order valence-electron chi connectivity index (χ1n) is 13.0. The maximum absolute atomic E-state index is 13.2. The molecule has 1 fully saturated rings. The minimum Gasteiger partial charge on any atom is -0.391 e. The van der Waals surface area contributed by atoms with Gasteiger partial charge in [0.1, 0.15) is 6.04 Å². The second kappa shape index (κ2) is 12.2. The average Bonchev–Trinajstić information content (AvgIpc) is 2.82. The van der Waals surface area contributed by atoms with E-state index in [-0.39, 0.29) is 7.75 Å². The molecular formula is C27H44N2O6S2. The maximum atomic E-state index is 13.2. The Morgan fingerprint density at radius 2 is 1.76 bits per heavy atom. The summed E-state index contributed by atoms with van der Waals surface area (Å²) in [5.74, 6) is -0.111. The summed E-state index contributed by atoms with van der Waals surface area (Å²) in [6, 6.07) is 9.78. The van der Waals surface area contributed by atoms with Gasteiger partial charge in [0.05, 0.1) is 29.0 Å². The molecule has 1 saturated carbocycles. The second-order valence-corrected chi connectivity index (χ2v) is 14.5. The van der Waals surface area contributed by atoms with Crippen LogP contribution in [0.4, 0.5) is 0 Å². The van der Waals surface area contributed by atoms with Crippen LogP contribution in [-0.2, 0) is 24.7 Å². The average molecular weight is 557 g/mol. The molecule has 2 aromatic carbocycles. The van der Waals surface area contributed by atoms with Crippen molar-refractivity contribution in [3.05, 3.63) is 42.5 Å². The highest BCUT2D eigenvalue weighted by Crippen LogP contribution is 2.36. The van der Waals surface area contributed by atoms with Gasteiger partial charge in [0.2, 0.25) is 15.9 Å². The molecule has 0 heterocycles. The first-order chi connectivity index (χ1) is 17.3. The van der Waals surface area contributed by atoms with Gasteiger partial charge < -0.3 is 10.4 Å². The number of sulfonamides is 1. The molecule has 8 nitrogen and oxygen atoms in total. The van der Waals surface area contributed by atoms with Gasteiger partial charge in [-0.25, -0.2) is 21.6 Å². The van der Waals surface area contributed by atoms with Crippen LogP contribution in [0.3, 0.4) is 0 Å². The van der Waals surface area contributed by atoms with E-state index in [1.807, 2.05) is 19.1 Å². The molecule has 10 heteroatoms. The molecule has 0 bridgehead atoms. The van der Waals surface area contributed by atoms with Gasteiger partial charge in [0.15, 0.2) is 9.84 Å². The van der Waals surface area contributed by atoms with Crippen LogP contribution in [0.5, 0.6) is 0 Å². The lowest BCUT2D eigenvalue weighted by molar-refractivity contribution is -0.124. The number of aliphatic hydroxyl groups excluding tert-OH is 1. The van der Waals surface area contributed by atoms with Crippen molar-refractivity contribution in [2.45, 2.75) is 76.0 Å². The molecule has 1 aliphatic carbocycles. The van der Waals surface area contributed by atoms with Gasteiger partial charge in [-0.2, -0.15) is 0 Å². The summed E-state index contributed by atoms with van der Waals surface area (Å²) < 4.78 is 52.7. The third kappa shape index (κ3) is 8.24. The van der Waals surface area contributed by atoms with Gasteiger partial charge in [-0.15, -0.1) is 0 Å². The fourth-order valence-electron chi connectivity index (χ4n) is 5.30. The number of carbonyl (C=O) groups excluding carboxylic acids is 1. The number of aliphatic hydroxyl groups is 1. The van der Waals surface area contributed by atoms with Crippen LogP contribution in [0.1, 0.15) is 55.7 Å². The second-order valence-electron chi connectivity index (χ2n) is 10.7. The summed E-state index contributed by atoms with van der Waals surface area (Å²) in [7, 11) is -7.91. The largest absolute Gasteiger partial charge is 0.391 e. The molecule has 37 heavy (non-hydrogen) atoms. The van der Waals surface area contributed by atoms with Crippen LogP contribution in [0, 0.1) is 17.8 Å².